The van der Waals surface area contributed by atoms with Crippen molar-refractivity contribution >= 4 is 45.7 Å². The van der Waals surface area contributed by atoms with Crippen LogP contribution in [0, 0.1) is 5.92 Å². The van der Waals surface area contributed by atoms with Crippen LogP contribution < -0.4 is 15.5 Å². The number of rotatable bonds is 7. The number of piperidine rings is 1. The predicted molar refractivity (Wildman–Crippen MR) is 158 cm³/mol. The van der Waals surface area contributed by atoms with Gasteiger partial charge in [-0.1, -0.05) is 24.3 Å². The summed E-state index contributed by atoms with van der Waals surface area (Å²) in [4.78, 5) is 43.3. The number of halogens is 3. The number of thioether (sulfide) groups is 1. The van der Waals surface area contributed by atoms with Crippen molar-refractivity contribution in [3.8, 4) is 11.3 Å². The van der Waals surface area contributed by atoms with Crippen molar-refractivity contribution in [3.05, 3.63) is 82.9 Å². The maximum atomic E-state index is 13.8. The summed E-state index contributed by atoms with van der Waals surface area (Å²) in [7, 11) is 0. The van der Waals surface area contributed by atoms with E-state index in [4.69, 9.17) is 0 Å². The predicted octanol–water partition coefficient (Wildman–Crippen LogP) is 5.44. The first-order valence-corrected chi connectivity index (χ1v) is 14.5. The lowest BCUT2D eigenvalue weighted by Crippen LogP contribution is -2.38. The Morgan fingerprint density at radius 3 is 2.65 bits per heavy atom. The van der Waals surface area contributed by atoms with E-state index in [0.29, 0.717) is 48.5 Å². The van der Waals surface area contributed by atoms with Crippen molar-refractivity contribution < 1.29 is 22.8 Å². The van der Waals surface area contributed by atoms with Gasteiger partial charge in [0.1, 0.15) is 0 Å². The van der Waals surface area contributed by atoms with E-state index in [-0.39, 0.29) is 17.1 Å². The summed E-state index contributed by atoms with van der Waals surface area (Å²) in [6.45, 7) is 2.24. The molecule has 0 atom stereocenters. The van der Waals surface area contributed by atoms with Crippen molar-refractivity contribution in [2.75, 3.05) is 24.5 Å². The van der Waals surface area contributed by atoms with Crippen molar-refractivity contribution in [1.82, 2.24) is 30.6 Å². The van der Waals surface area contributed by atoms with E-state index in [1.54, 1.807) is 30.7 Å². The molecule has 0 aliphatic carbocycles. The molecular weight excluding hydrogens is 579 g/mol. The Morgan fingerprint density at radius 2 is 1.88 bits per heavy atom. The highest BCUT2D eigenvalue weighted by Gasteiger charge is 2.32. The van der Waals surface area contributed by atoms with Crippen LogP contribution in [0.1, 0.15) is 29.8 Å². The molecule has 0 spiro atoms. The van der Waals surface area contributed by atoms with Crippen LogP contribution in [0.3, 0.4) is 0 Å². The first-order valence-electron chi connectivity index (χ1n) is 13.7. The molecule has 0 saturated carbocycles. The van der Waals surface area contributed by atoms with Gasteiger partial charge in [-0.2, -0.15) is 13.2 Å². The number of imide groups is 1. The minimum absolute atomic E-state index is 0.198. The minimum Gasteiger partial charge on any atom is -0.341 e. The Hall–Kier alpha value is -4.36. The summed E-state index contributed by atoms with van der Waals surface area (Å²) in [5, 5.41) is 6.74. The van der Waals surface area contributed by atoms with Crippen molar-refractivity contribution in [2.24, 2.45) is 5.92 Å². The third kappa shape index (κ3) is 6.67. The molecule has 2 N–H and O–H groups in total. The van der Waals surface area contributed by atoms with Crippen LogP contribution in [0.5, 0.6) is 0 Å². The average Bonchev–Trinajstić information content (AvgIpc) is 3.32. The van der Waals surface area contributed by atoms with E-state index >= 15 is 0 Å². The lowest BCUT2D eigenvalue weighted by molar-refractivity contribution is -0.137. The van der Waals surface area contributed by atoms with E-state index in [1.165, 1.54) is 0 Å². The molecule has 2 aliphatic rings. The number of fused-ring (bicyclic) bond motifs is 1. The second kappa shape index (κ2) is 12.1. The average molecular weight is 606 g/mol. The Balaban J connectivity index is 1.09. The lowest BCUT2D eigenvalue weighted by atomic mass is 9.97. The first kappa shape index (κ1) is 28.7. The molecule has 43 heavy (non-hydrogen) atoms. The van der Waals surface area contributed by atoms with Crippen LogP contribution in [0.2, 0.25) is 0 Å². The summed E-state index contributed by atoms with van der Waals surface area (Å²) in [6, 6.07) is 11.3. The van der Waals surface area contributed by atoms with Crippen LogP contribution in [0.4, 0.5) is 23.9 Å². The fourth-order valence-corrected chi connectivity index (χ4v) is 5.86. The van der Waals surface area contributed by atoms with Crippen LogP contribution >= 0.6 is 11.8 Å². The lowest BCUT2D eigenvalue weighted by Gasteiger charge is -2.32. The number of aromatic nitrogens is 4. The molecule has 2 amide bonds. The van der Waals surface area contributed by atoms with Gasteiger partial charge in [-0.05, 0) is 66.7 Å². The third-order valence-corrected chi connectivity index (χ3v) is 8.18. The fraction of sp³-hybridized carbons (Fsp3) is 0.267. The number of nitrogens with zero attached hydrogens (tertiary/aromatic N) is 5. The van der Waals surface area contributed by atoms with Crippen LogP contribution in [-0.2, 0) is 17.5 Å². The quantitative estimate of drug-likeness (QED) is 0.266. The first-order chi connectivity index (χ1) is 20.7. The summed E-state index contributed by atoms with van der Waals surface area (Å²) < 4.78 is 41.4. The number of carbonyl (C=O) groups excluding carboxylic acids is 2. The Labute approximate surface area is 249 Å². The van der Waals surface area contributed by atoms with Gasteiger partial charge in [0.25, 0.3) is 11.1 Å². The molecule has 220 valence electrons. The van der Waals surface area contributed by atoms with E-state index in [9.17, 15) is 22.8 Å². The molecule has 2 fully saturated rings. The summed E-state index contributed by atoms with van der Waals surface area (Å²) in [5.41, 5.74) is 0.894. The van der Waals surface area contributed by atoms with Gasteiger partial charge in [-0.3, -0.25) is 24.9 Å². The molecular formula is C30H26F3N7O2S. The van der Waals surface area contributed by atoms with Crippen molar-refractivity contribution in [3.63, 3.8) is 0 Å². The number of pyridine rings is 2. The maximum absolute atomic E-state index is 13.8. The van der Waals surface area contributed by atoms with Crippen molar-refractivity contribution in [2.45, 2.75) is 25.6 Å². The second-order valence-electron chi connectivity index (χ2n) is 10.3. The van der Waals surface area contributed by atoms with Gasteiger partial charge in [-0.25, -0.2) is 9.97 Å². The monoisotopic (exact) mass is 605 g/mol. The zero-order valence-electron chi connectivity index (χ0n) is 22.8. The molecule has 6 rings (SSSR count). The molecule has 5 heterocycles. The van der Waals surface area contributed by atoms with Gasteiger partial charge in [0.2, 0.25) is 5.95 Å². The van der Waals surface area contributed by atoms with Gasteiger partial charge in [0.15, 0.2) is 0 Å². The highest BCUT2D eigenvalue weighted by molar-refractivity contribution is 8.18. The van der Waals surface area contributed by atoms with Gasteiger partial charge >= 0.3 is 6.18 Å². The highest BCUT2D eigenvalue weighted by Crippen LogP contribution is 2.34. The topological polar surface area (TPSA) is 113 Å². The molecule has 3 aromatic heterocycles. The number of amides is 2. The molecule has 0 bridgehead atoms. The van der Waals surface area contributed by atoms with E-state index in [2.05, 4.69) is 35.5 Å². The molecule has 2 saturated heterocycles. The van der Waals surface area contributed by atoms with Crippen LogP contribution in [0.15, 0.2) is 66.0 Å². The van der Waals surface area contributed by atoms with Gasteiger partial charge in [0, 0.05) is 49.2 Å². The number of carbonyl (C=O) groups is 2. The Bertz CT molecular complexity index is 1720. The van der Waals surface area contributed by atoms with Gasteiger partial charge in [0.05, 0.1) is 27.6 Å². The third-order valence-electron chi connectivity index (χ3n) is 7.37. The molecule has 2 aliphatic heterocycles. The smallest absolute Gasteiger partial charge is 0.341 e. The number of anilines is 1. The fourth-order valence-electron chi connectivity index (χ4n) is 5.19. The second-order valence-corrected chi connectivity index (χ2v) is 11.3. The zero-order chi connectivity index (χ0) is 30.0. The molecule has 13 heteroatoms. The summed E-state index contributed by atoms with van der Waals surface area (Å²) in [6.07, 6.45) is 3.60. The van der Waals surface area contributed by atoms with E-state index in [1.807, 2.05) is 24.3 Å². The highest BCUT2D eigenvalue weighted by atomic mass is 32.2. The summed E-state index contributed by atoms with van der Waals surface area (Å²) >= 11 is 0.836. The van der Waals surface area contributed by atoms with E-state index in [0.717, 1.165) is 47.5 Å². The molecule has 9 nitrogen and oxygen atoms in total. The number of hydrogen-bond acceptors (Lipinski definition) is 9. The van der Waals surface area contributed by atoms with Crippen LogP contribution in [-0.4, -0.2) is 50.7 Å². The van der Waals surface area contributed by atoms with Crippen molar-refractivity contribution in [1.29, 1.82) is 0 Å². The van der Waals surface area contributed by atoms with Gasteiger partial charge < -0.3 is 10.2 Å². The largest absolute Gasteiger partial charge is 0.416 e. The molecule has 0 radical (unpaired) electrons. The SMILES string of the molecule is O=C1NC(=O)C(=Cc2ccnc(N3CCC(CNCc4cc(C(F)(F)F)cc(-c5cncc6ccccc56)n4)CC3)n2)S1. The zero-order valence-corrected chi connectivity index (χ0v) is 23.6. The van der Waals surface area contributed by atoms with Gasteiger partial charge in [-0.15, -0.1) is 0 Å². The standard InChI is InChI=1S/C30H26F3N7O2S/c31-30(32,33)20-11-22(37-25(12-20)24-17-35-15-19-3-1-2-4-23(19)24)16-34-14-18-6-9-40(10-7-18)28-36-8-5-21(38-28)13-26-27(41)39-29(42)43-26/h1-5,8,11-13,15,17-18,34H,6-7,9-10,14,16H2,(H,39,41,42). The normalized spacial score (nSPS) is 17.2. The number of benzene rings is 1. The Kier molecular flexibility index (Phi) is 8.08. The molecule has 0 unspecified atom stereocenters. The molecule has 4 aromatic rings. The number of nitrogens with one attached hydrogen (secondary N) is 2. The number of alkyl halides is 3. The summed E-state index contributed by atoms with van der Waals surface area (Å²) in [5.74, 6) is 0.420. The van der Waals surface area contributed by atoms with Crippen LogP contribution in [0.25, 0.3) is 28.1 Å². The minimum atomic E-state index is -4.51. The number of hydrogen-bond donors (Lipinski definition) is 2. The van der Waals surface area contributed by atoms with E-state index < -0.39 is 22.9 Å². The Morgan fingerprint density at radius 1 is 1.07 bits per heavy atom. The molecule has 1 aromatic carbocycles. The maximum Gasteiger partial charge on any atom is 0.416 e.